The van der Waals surface area contributed by atoms with Crippen molar-refractivity contribution < 1.29 is 14.2 Å². The minimum Gasteiger partial charge on any atom is -0.303 e. The molecular weight excluding hydrogens is 178 g/mol. The van der Waals surface area contributed by atoms with E-state index in [-0.39, 0.29) is 11.7 Å². The second-order valence-corrected chi connectivity index (χ2v) is 3.41. The highest BCUT2D eigenvalue weighted by atomic mass is 16.1. The first-order valence-corrected chi connectivity index (χ1v) is 4.60. The van der Waals surface area contributed by atoms with Gasteiger partial charge < -0.3 is 4.79 Å². The fourth-order valence-electron chi connectivity index (χ4n) is 1.31. The van der Waals surface area contributed by atoms with E-state index in [2.05, 4.69) is 0 Å². The second kappa shape index (κ2) is 4.65. The first-order chi connectivity index (χ1) is 6.65. The first-order valence-electron chi connectivity index (χ1n) is 4.60. The Balaban J connectivity index is 2.95. The Bertz CT molecular complexity index is 347. The zero-order valence-corrected chi connectivity index (χ0v) is 8.43. The van der Waals surface area contributed by atoms with Gasteiger partial charge in [-0.3, -0.25) is 4.79 Å². The SMILES string of the molecule is CC(=O)c1cccc[n+]1CC(C)C=O. The third-order valence-electron chi connectivity index (χ3n) is 2.02. The fourth-order valence-corrected chi connectivity index (χ4v) is 1.31. The van der Waals surface area contributed by atoms with Gasteiger partial charge in [-0.2, -0.15) is 4.57 Å². The molecule has 0 radical (unpaired) electrons. The van der Waals surface area contributed by atoms with E-state index in [1.165, 1.54) is 6.92 Å². The molecule has 0 saturated heterocycles. The number of pyridine rings is 1. The molecule has 1 rings (SSSR count). The van der Waals surface area contributed by atoms with E-state index >= 15 is 0 Å². The molecule has 0 aliphatic rings. The minimum absolute atomic E-state index is 0.0173. The Morgan fingerprint density at radius 2 is 2.29 bits per heavy atom. The molecule has 1 aromatic heterocycles. The average molecular weight is 192 g/mol. The van der Waals surface area contributed by atoms with Crippen molar-refractivity contribution in [1.29, 1.82) is 0 Å². The van der Waals surface area contributed by atoms with E-state index in [9.17, 15) is 9.59 Å². The molecule has 1 aromatic rings. The molecule has 0 aliphatic carbocycles. The number of hydrogen-bond donors (Lipinski definition) is 0. The Hall–Kier alpha value is -1.51. The summed E-state index contributed by atoms with van der Waals surface area (Å²) in [6.45, 7) is 3.91. The van der Waals surface area contributed by atoms with Crippen molar-refractivity contribution in [3.8, 4) is 0 Å². The predicted molar refractivity (Wildman–Crippen MR) is 51.9 cm³/mol. The minimum atomic E-state index is -0.0690. The van der Waals surface area contributed by atoms with Crippen LogP contribution < -0.4 is 4.57 Å². The maximum Gasteiger partial charge on any atom is 0.248 e. The van der Waals surface area contributed by atoms with Gasteiger partial charge in [0, 0.05) is 19.1 Å². The van der Waals surface area contributed by atoms with Crippen LogP contribution in [0.5, 0.6) is 0 Å². The predicted octanol–water partition coefficient (Wildman–Crippen LogP) is 1.01. The fraction of sp³-hybridized carbons (Fsp3) is 0.364. The summed E-state index contributed by atoms with van der Waals surface area (Å²) < 4.78 is 1.81. The number of aldehydes is 1. The monoisotopic (exact) mass is 192 g/mol. The lowest BCUT2D eigenvalue weighted by atomic mass is 10.2. The van der Waals surface area contributed by atoms with Crippen molar-refractivity contribution in [2.75, 3.05) is 0 Å². The standard InChI is InChI=1S/C11H14NO2/c1-9(8-13)7-12-6-4-3-5-11(12)10(2)14/h3-6,8-9H,7H2,1-2H3/q+1. The van der Waals surface area contributed by atoms with Gasteiger partial charge in [-0.05, 0) is 13.0 Å². The Morgan fingerprint density at radius 3 is 2.86 bits per heavy atom. The molecule has 0 amide bonds. The normalized spacial score (nSPS) is 12.1. The van der Waals surface area contributed by atoms with Gasteiger partial charge in [0.25, 0.3) is 0 Å². The lowest BCUT2D eigenvalue weighted by Gasteiger charge is -2.02. The summed E-state index contributed by atoms with van der Waals surface area (Å²) in [5, 5.41) is 0. The molecule has 14 heavy (non-hydrogen) atoms. The zero-order valence-electron chi connectivity index (χ0n) is 8.43. The van der Waals surface area contributed by atoms with Gasteiger partial charge in [0.15, 0.2) is 12.7 Å². The zero-order chi connectivity index (χ0) is 10.6. The van der Waals surface area contributed by atoms with Crippen LogP contribution in [-0.4, -0.2) is 12.1 Å². The smallest absolute Gasteiger partial charge is 0.248 e. The molecule has 0 bridgehead atoms. The highest BCUT2D eigenvalue weighted by Gasteiger charge is 2.16. The Kier molecular flexibility index (Phi) is 3.51. The second-order valence-electron chi connectivity index (χ2n) is 3.41. The van der Waals surface area contributed by atoms with Gasteiger partial charge in [0.1, 0.15) is 6.29 Å². The van der Waals surface area contributed by atoms with E-state index in [1.807, 2.05) is 25.3 Å². The number of aromatic nitrogens is 1. The highest BCUT2D eigenvalue weighted by Crippen LogP contribution is 1.96. The number of hydrogen-bond acceptors (Lipinski definition) is 2. The molecule has 0 aromatic carbocycles. The highest BCUT2D eigenvalue weighted by molar-refractivity contribution is 5.90. The maximum absolute atomic E-state index is 11.2. The molecule has 1 atom stereocenters. The van der Waals surface area contributed by atoms with E-state index < -0.39 is 0 Å². The van der Waals surface area contributed by atoms with Gasteiger partial charge in [0.05, 0.1) is 5.92 Å². The van der Waals surface area contributed by atoms with Crippen LogP contribution in [-0.2, 0) is 11.3 Å². The van der Waals surface area contributed by atoms with Gasteiger partial charge in [-0.25, -0.2) is 0 Å². The summed E-state index contributed by atoms with van der Waals surface area (Å²) in [6.07, 6.45) is 2.71. The molecule has 0 N–H and O–H groups in total. The van der Waals surface area contributed by atoms with Gasteiger partial charge >= 0.3 is 0 Å². The number of rotatable bonds is 4. The van der Waals surface area contributed by atoms with Gasteiger partial charge in [-0.15, -0.1) is 0 Å². The molecule has 3 heteroatoms. The average Bonchev–Trinajstić information content (AvgIpc) is 2.18. The molecule has 1 heterocycles. The molecular formula is C11H14NO2+. The molecule has 0 spiro atoms. The molecule has 1 unspecified atom stereocenters. The molecule has 0 saturated carbocycles. The van der Waals surface area contributed by atoms with Gasteiger partial charge in [0.2, 0.25) is 11.5 Å². The number of carbonyl (C=O) groups is 2. The third kappa shape index (κ3) is 2.49. The van der Waals surface area contributed by atoms with Crippen molar-refractivity contribution in [3.63, 3.8) is 0 Å². The van der Waals surface area contributed by atoms with E-state index in [4.69, 9.17) is 0 Å². The number of Topliss-reactive ketones (excluding diaryl/α,β-unsaturated/α-hetero) is 1. The topological polar surface area (TPSA) is 38.0 Å². The summed E-state index contributed by atoms with van der Waals surface area (Å²) in [5.41, 5.74) is 0.640. The lowest BCUT2D eigenvalue weighted by Crippen LogP contribution is -2.42. The quantitative estimate of drug-likeness (QED) is 0.405. The lowest BCUT2D eigenvalue weighted by molar-refractivity contribution is -0.702. The van der Waals surface area contributed by atoms with Crippen LogP contribution in [0.15, 0.2) is 24.4 Å². The summed E-state index contributed by atoms with van der Waals surface area (Å²) in [5.74, 6) is -0.0517. The van der Waals surface area contributed by atoms with Crippen molar-refractivity contribution in [3.05, 3.63) is 30.1 Å². The molecule has 3 nitrogen and oxygen atoms in total. The number of carbonyl (C=O) groups excluding carboxylic acids is 2. The van der Waals surface area contributed by atoms with Crippen molar-refractivity contribution in [1.82, 2.24) is 0 Å². The van der Waals surface area contributed by atoms with Crippen LogP contribution in [0.2, 0.25) is 0 Å². The Labute approximate surface area is 83.4 Å². The van der Waals surface area contributed by atoms with Crippen LogP contribution in [0.1, 0.15) is 24.3 Å². The largest absolute Gasteiger partial charge is 0.303 e. The van der Waals surface area contributed by atoms with Crippen molar-refractivity contribution in [2.45, 2.75) is 20.4 Å². The van der Waals surface area contributed by atoms with Crippen LogP contribution in [0.4, 0.5) is 0 Å². The van der Waals surface area contributed by atoms with Crippen LogP contribution in [0.3, 0.4) is 0 Å². The van der Waals surface area contributed by atoms with E-state index in [0.717, 1.165) is 6.29 Å². The summed E-state index contributed by atoms with van der Waals surface area (Å²) in [7, 11) is 0. The van der Waals surface area contributed by atoms with Crippen LogP contribution in [0.25, 0.3) is 0 Å². The molecule has 74 valence electrons. The summed E-state index contributed by atoms with van der Waals surface area (Å²) >= 11 is 0. The Morgan fingerprint density at radius 1 is 1.57 bits per heavy atom. The third-order valence-corrected chi connectivity index (χ3v) is 2.02. The molecule has 0 aliphatic heterocycles. The molecule has 0 fully saturated rings. The van der Waals surface area contributed by atoms with E-state index in [0.29, 0.717) is 12.2 Å². The summed E-state index contributed by atoms with van der Waals surface area (Å²) in [4.78, 5) is 21.7. The first kappa shape index (κ1) is 10.6. The van der Waals surface area contributed by atoms with Crippen LogP contribution >= 0.6 is 0 Å². The van der Waals surface area contributed by atoms with Crippen molar-refractivity contribution in [2.24, 2.45) is 5.92 Å². The summed E-state index contributed by atoms with van der Waals surface area (Å²) in [6, 6.07) is 5.43. The van der Waals surface area contributed by atoms with Gasteiger partial charge in [-0.1, -0.05) is 0 Å². The maximum atomic E-state index is 11.2. The number of ketones is 1. The van der Waals surface area contributed by atoms with Crippen LogP contribution in [0, 0.1) is 5.92 Å². The number of nitrogens with zero attached hydrogens (tertiary/aromatic N) is 1. The van der Waals surface area contributed by atoms with E-state index in [1.54, 1.807) is 10.6 Å². The van der Waals surface area contributed by atoms with Crippen molar-refractivity contribution >= 4 is 12.1 Å².